The zero-order valence-corrected chi connectivity index (χ0v) is 9.81. The quantitative estimate of drug-likeness (QED) is 0.746. The average molecular weight is 246 g/mol. The first-order valence-corrected chi connectivity index (χ1v) is 5.86. The SMILES string of the molecule is CSc1cc(CC(C)=O)ccc1OC(F)F. The fraction of sp³-hybridized carbons (Fsp3) is 0.364. The Morgan fingerprint density at radius 1 is 1.50 bits per heavy atom. The first kappa shape index (κ1) is 13.0. The highest BCUT2D eigenvalue weighted by Crippen LogP contribution is 2.30. The number of hydrogen-bond acceptors (Lipinski definition) is 3. The first-order chi connectivity index (χ1) is 7.52. The van der Waals surface area contributed by atoms with Crippen LogP contribution in [0.2, 0.25) is 0 Å². The van der Waals surface area contributed by atoms with Crippen molar-refractivity contribution in [3.05, 3.63) is 23.8 Å². The number of Topliss-reactive ketones (excluding diaryl/α,β-unsaturated/α-hetero) is 1. The van der Waals surface area contributed by atoms with Crippen LogP contribution in [0.15, 0.2) is 23.1 Å². The molecule has 0 atom stereocenters. The summed E-state index contributed by atoms with van der Waals surface area (Å²) in [5.41, 5.74) is 0.804. The summed E-state index contributed by atoms with van der Waals surface area (Å²) in [5.74, 6) is 0.185. The van der Waals surface area contributed by atoms with Gasteiger partial charge in [-0.15, -0.1) is 11.8 Å². The molecule has 0 N–H and O–H groups in total. The number of benzene rings is 1. The Balaban J connectivity index is 2.92. The zero-order chi connectivity index (χ0) is 12.1. The first-order valence-electron chi connectivity index (χ1n) is 4.64. The topological polar surface area (TPSA) is 26.3 Å². The number of ether oxygens (including phenoxy) is 1. The van der Waals surface area contributed by atoms with E-state index in [4.69, 9.17) is 0 Å². The number of ketones is 1. The van der Waals surface area contributed by atoms with Crippen molar-refractivity contribution in [1.82, 2.24) is 0 Å². The standard InChI is InChI=1S/C11H12F2O2S/c1-7(14)5-8-3-4-9(15-11(12)13)10(6-8)16-2/h3-4,6,11H,5H2,1-2H3. The normalized spacial score (nSPS) is 10.6. The van der Waals surface area contributed by atoms with E-state index in [1.54, 1.807) is 18.4 Å². The highest BCUT2D eigenvalue weighted by Gasteiger charge is 2.10. The third-order valence-electron chi connectivity index (χ3n) is 1.90. The van der Waals surface area contributed by atoms with Crippen LogP contribution in [0.4, 0.5) is 8.78 Å². The van der Waals surface area contributed by atoms with E-state index in [0.717, 1.165) is 5.56 Å². The van der Waals surface area contributed by atoms with E-state index in [-0.39, 0.29) is 11.5 Å². The van der Waals surface area contributed by atoms with Crippen LogP contribution in [0.25, 0.3) is 0 Å². The minimum atomic E-state index is -2.83. The average Bonchev–Trinajstić information content (AvgIpc) is 2.18. The summed E-state index contributed by atoms with van der Waals surface area (Å²) >= 11 is 1.31. The molecule has 88 valence electrons. The molecule has 16 heavy (non-hydrogen) atoms. The van der Waals surface area contributed by atoms with E-state index in [1.807, 2.05) is 0 Å². The van der Waals surface area contributed by atoms with Gasteiger partial charge in [-0.1, -0.05) is 6.07 Å². The van der Waals surface area contributed by atoms with E-state index in [9.17, 15) is 13.6 Å². The van der Waals surface area contributed by atoms with Crippen LogP contribution >= 0.6 is 11.8 Å². The van der Waals surface area contributed by atoms with Gasteiger partial charge in [-0.2, -0.15) is 8.78 Å². The summed E-state index contributed by atoms with van der Waals surface area (Å²) in [4.78, 5) is 11.5. The number of hydrogen-bond donors (Lipinski definition) is 0. The lowest BCUT2D eigenvalue weighted by molar-refractivity contribution is -0.116. The molecule has 0 radical (unpaired) electrons. The Hall–Kier alpha value is -1.10. The maximum Gasteiger partial charge on any atom is 0.387 e. The van der Waals surface area contributed by atoms with Gasteiger partial charge in [0, 0.05) is 11.3 Å². The van der Waals surface area contributed by atoms with Gasteiger partial charge in [0.05, 0.1) is 0 Å². The fourth-order valence-electron chi connectivity index (χ4n) is 1.30. The third-order valence-corrected chi connectivity index (χ3v) is 2.66. The molecule has 0 heterocycles. The summed E-state index contributed by atoms with van der Waals surface area (Å²) in [6.45, 7) is -1.34. The Kier molecular flexibility index (Phi) is 4.73. The van der Waals surface area contributed by atoms with Gasteiger partial charge >= 0.3 is 6.61 Å². The lowest BCUT2D eigenvalue weighted by Crippen LogP contribution is -2.04. The number of thioether (sulfide) groups is 1. The Morgan fingerprint density at radius 3 is 2.69 bits per heavy atom. The molecule has 0 fully saturated rings. The molecule has 0 aliphatic carbocycles. The van der Waals surface area contributed by atoms with Crippen molar-refractivity contribution in [3.8, 4) is 5.75 Å². The molecule has 0 saturated carbocycles. The number of carbonyl (C=O) groups excluding carboxylic acids is 1. The summed E-state index contributed by atoms with van der Waals surface area (Å²) < 4.78 is 28.5. The van der Waals surface area contributed by atoms with E-state index in [1.165, 1.54) is 24.8 Å². The molecule has 1 rings (SSSR count). The van der Waals surface area contributed by atoms with E-state index in [2.05, 4.69) is 4.74 Å². The maximum absolute atomic E-state index is 12.1. The Bertz CT molecular complexity index is 380. The molecule has 0 aliphatic rings. The Labute approximate surface area is 97.0 Å². The van der Waals surface area contributed by atoms with Gasteiger partial charge in [0.2, 0.25) is 0 Å². The monoisotopic (exact) mass is 246 g/mol. The molecule has 2 nitrogen and oxygen atoms in total. The predicted molar refractivity (Wildman–Crippen MR) is 59.2 cm³/mol. The molecule has 1 aromatic carbocycles. The lowest BCUT2D eigenvalue weighted by Gasteiger charge is -2.10. The van der Waals surface area contributed by atoms with Gasteiger partial charge in [0.15, 0.2) is 0 Å². The van der Waals surface area contributed by atoms with Crippen LogP contribution in [0.5, 0.6) is 5.75 Å². The van der Waals surface area contributed by atoms with E-state index in [0.29, 0.717) is 11.3 Å². The van der Waals surface area contributed by atoms with Gasteiger partial charge in [-0.05, 0) is 30.9 Å². The van der Waals surface area contributed by atoms with Crippen molar-refractivity contribution < 1.29 is 18.3 Å². The maximum atomic E-state index is 12.1. The van der Waals surface area contributed by atoms with Gasteiger partial charge in [-0.25, -0.2) is 0 Å². The third kappa shape index (κ3) is 3.81. The van der Waals surface area contributed by atoms with Crippen molar-refractivity contribution in [2.75, 3.05) is 6.26 Å². The highest BCUT2D eigenvalue weighted by molar-refractivity contribution is 7.98. The number of alkyl halides is 2. The summed E-state index contributed by atoms with van der Waals surface area (Å²) in [6, 6.07) is 4.79. The van der Waals surface area contributed by atoms with Crippen molar-refractivity contribution >= 4 is 17.5 Å². The summed E-state index contributed by atoms with van der Waals surface area (Å²) in [7, 11) is 0. The van der Waals surface area contributed by atoms with Crippen LogP contribution in [0, 0.1) is 0 Å². The minimum Gasteiger partial charge on any atom is -0.434 e. The Morgan fingerprint density at radius 2 is 2.19 bits per heavy atom. The molecule has 0 unspecified atom stereocenters. The van der Waals surface area contributed by atoms with Crippen molar-refractivity contribution in [1.29, 1.82) is 0 Å². The van der Waals surface area contributed by atoms with E-state index < -0.39 is 6.61 Å². The predicted octanol–water partition coefficient (Wildman–Crippen LogP) is 3.14. The lowest BCUT2D eigenvalue weighted by atomic mass is 10.1. The fourth-order valence-corrected chi connectivity index (χ4v) is 1.89. The van der Waals surface area contributed by atoms with Gasteiger partial charge in [0.25, 0.3) is 0 Å². The smallest absolute Gasteiger partial charge is 0.387 e. The minimum absolute atomic E-state index is 0.0366. The second-order valence-electron chi connectivity index (χ2n) is 3.24. The summed E-state index contributed by atoms with van der Waals surface area (Å²) in [6.07, 6.45) is 2.08. The zero-order valence-electron chi connectivity index (χ0n) is 9.00. The summed E-state index contributed by atoms with van der Waals surface area (Å²) in [5, 5.41) is 0. The second kappa shape index (κ2) is 5.84. The van der Waals surface area contributed by atoms with E-state index >= 15 is 0 Å². The van der Waals surface area contributed by atoms with Crippen LogP contribution in [0.1, 0.15) is 12.5 Å². The molecule has 0 aliphatic heterocycles. The molecular weight excluding hydrogens is 234 g/mol. The molecule has 0 amide bonds. The van der Waals surface area contributed by atoms with Gasteiger partial charge < -0.3 is 4.74 Å². The number of halogens is 2. The molecule has 0 saturated heterocycles. The number of carbonyl (C=O) groups is 1. The molecule has 0 aromatic heterocycles. The molecular formula is C11H12F2O2S. The van der Waals surface area contributed by atoms with Crippen molar-refractivity contribution in [2.45, 2.75) is 24.9 Å². The second-order valence-corrected chi connectivity index (χ2v) is 4.09. The van der Waals surface area contributed by atoms with Crippen molar-refractivity contribution in [3.63, 3.8) is 0 Å². The number of rotatable bonds is 5. The van der Waals surface area contributed by atoms with Gasteiger partial charge in [-0.3, -0.25) is 4.79 Å². The van der Waals surface area contributed by atoms with Crippen molar-refractivity contribution in [2.24, 2.45) is 0 Å². The van der Waals surface area contributed by atoms with Crippen LogP contribution in [-0.4, -0.2) is 18.7 Å². The molecule has 0 bridgehead atoms. The van der Waals surface area contributed by atoms with Crippen LogP contribution < -0.4 is 4.74 Å². The van der Waals surface area contributed by atoms with Gasteiger partial charge in [0.1, 0.15) is 11.5 Å². The highest BCUT2D eigenvalue weighted by atomic mass is 32.2. The molecule has 5 heteroatoms. The largest absolute Gasteiger partial charge is 0.434 e. The van der Waals surface area contributed by atoms with Crippen LogP contribution in [-0.2, 0) is 11.2 Å². The molecule has 0 spiro atoms. The van der Waals surface area contributed by atoms with Crippen LogP contribution in [0.3, 0.4) is 0 Å². The molecule has 1 aromatic rings.